The second-order valence-electron chi connectivity index (χ2n) is 5.43. The highest BCUT2D eigenvalue weighted by molar-refractivity contribution is 9.10. The molecular formula is C16H20BrClO3. The predicted octanol–water partition coefficient (Wildman–Crippen LogP) is 4.78. The molecule has 1 aliphatic rings. The van der Waals surface area contributed by atoms with E-state index in [4.69, 9.17) is 16.3 Å². The number of aryl methyl sites for hydroxylation is 1. The van der Waals surface area contributed by atoms with Crippen LogP contribution in [0.5, 0.6) is 5.75 Å². The summed E-state index contributed by atoms with van der Waals surface area (Å²) in [6, 6.07) is 3.82. The van der Waals surface area contributed by atoms with E-state index in [-0.39, 0.29) is 5.97 Å². The number of methoxy groups -OCH3 is 1. The lowest BCUT2D eigenvalue weighted by atomic mass is 10.1. The van der Waals surface area contributed by atoms with E-state index in [1.54, 1.807) is 0 Å². The van der Waals surface area contributed by atoms with Crippen molar-refractivity contribution in [2.24, 2.45) is 5.92 Å². The molecule has 1 aromatic rings. The van der Waals surface area contributed by atoms with Gasteiger partial charge in [-0.15, -0.1) is 0 Å². The Labute approximate surface area is 139 Å². The lowest BCUT2D eigenvalue weighted by Gasteiger charge is -2.15. The molecule has 1 saturated carbocycles. The van der Waals surface area contributed by atoms with Crippen molar-refractivity contribution in [3.8, 4) is 5.75 Å². The molecule has 0 unspecified atom stereocenters. The molecule has 0 amide bonds. The van der Waals surface area contributed by atoms with Gasteiger partial charge in [0, 0.05) is 6.42 Å². The molecule has 21 heavy (non-hydrogen) atoms. The van der Waals surface area contributed by atoms with Gasteiger partial charge in [-0.05, 0) is 58.8 Å². The predicted molar refractivity (Wildman–Crippen MR) is 86.9 cm³/mol. The Bertz CT molecular complexity index is 475. The van der Waals surface area contributed by atoms with Gasteiger partial charge in [0.15, 0.2) is 5.75 Å². The third-order valence-corrected chi connectivity index (χ3v) is 4.71. The minimum Gasteiger partial charge on any atom is -0.491 e. The highest BCUT2D eigenvalue weighted by Crippen LogP contribution is 2.36. The summed E-state index contributed by atoms with van der Waals surface area (Å²) in [7, 11) is 1.39. The lowest BCUT2D eigenvalue weighted by Crippen LogP contribution is -2.09. The quantitative estimate of drug-likeness (QED) is 0.671. The van der Waals surface area contributed by atoms with E-state index >= 15 is 0 Å². The summed E-state index contributed by atoms with van der Waals surface area (Å²) in [6.45, 7) is 0.722. The van der Waals surface area contributed by atoms with Crippen LogP contribution in [-0.4, -0.2) is 19.7 Å². The molecule has 5 heteroatoms. The number of rotatable bonds is 6. The summed E-state index contributed by atoms with van der Waals surface area (Å²) in [5.74, 6) is 1.13. The van der Waals surface area contributed by atoms with Crippen molar-refractivity contribution in [2.75, 3.05) is 13.7 Å². The fourth-order valence-electron chi connectivity index (χ4n) is 2.62. The lowest BCUT2D eigenvalue weighted by molar-refractivity contribution is -0.140. The number of halogens is 2. The maximum Gasteiger partial charge on any atom is 0.305 e. The molecule has 1 aliphatic carbocycles. The summed E-state index contributed by atoms with van der Waals surface area (Å²) in [6.07, 6.45) is 6.04. The molecule has 2 rings (SSSR count). The first-order valence-electron chi connectivity index (χ1n) is 7.27. The van der Waals surface area contributed by atoms with Gasteiger partial charge in [0.05, 0.1) is 23.2 Å². The van der Waals surface area contributed by atoms with Crippen LogP contribution < -0.4 is 4.74 Å². The van der Waals surface area contributed by atoms with Crippen molar-refractivity contribution in [2.45, 2.75) is 38.5 Å². The van der Waals surface area contributed by atoms with Crippen LogP contribution in [0, 0.1) is 5.92 Å². The zero-order chi connectivity index (χ0) is 15.2. The summed E-state index contributed by atoms with van der Waals surface area (Å²) in [5, 5.41) is 0.585. The minimum absolute atomic E-state index is 0.219. The number of hydrogen-bond acceptors (Lipinski definition) is 3. The molecule has 0 atom stereocenters. The molecule has 0 spiro atoms. The Kier molecular flexibility index (Phi) is 6.37. The summed E-state index contributed by atoms with van der Waals surface area (Å²) in [5.41, 5.74) is 0.991. The molecule has 116 valence electrons. The standard InChI is InChI=1S/C16H20BrClO3/c1-20-15(19)7-6-12-8-13(17)16(14(18)9-12)21-10-11-4-2-3-5-11/h8-9,11H,2-7,10H2,1H3. The summed E-state index contributed by atoms with van der Waals surface area (Å²) < 4.78 is 11.4. The van der Waals surface area contributed by atoms with E-state index in [2.05, 4.69) is 20.7 Å². The first kappa shape index (κ1) is 16.6. The van der Waals surface area contributed by atoms with Crippen molar-refractivity contribution >= 4 is 33.5 Å². The van der Waals surface area contributed by atoms with Crippen molar-refractivity contribution in [3.63, 3.8) is 0 Å². The van der Waals surface area contributed by atoms with Gasteiger partial charge in [0.1, 0.15) is 0 Å². The van der Waals surface area contributed by atoms with Crippen molar-refractivity contribution in [3.05, 3.63) is 27.2 Å². The van der Waals surface area contributed by atoms with Crippen LogP contribution in [0.2, 0.25) is 5.02 Å². The normalized spacial score (nSPS) is 15.2. The van der Waals surface area contributed by atoms with E-state index < -0.39 is 0 Å². The fourth-order valence-corrected chi connectivity index (χ4v) is 3.65. The fraction of sp³-hybridized carbons (Fsp3) is 0.562. The van der Waals surface area contributed by atoms with Gasteiger partial charge in [-0.1, -0.05) is 24.4 Å². The van der Waals surface area contributed by atoms with E-state index in [1.807, 2.05) is 12.1 Å². The SMILES string of the molecule is COC(=O)CCc1cc(Cl)c(OCC2CCCC2)c(Br)c1. The zero-order valence-corrected chi connectivity index (χ0v) is 14.5. The average molecular weight is 376 g/mol. The smallest absolute Gasteiger partial charge is 0.305 e. The van der Waals surface area contributed by atoms with Crippen molar-refractivity contribution < 1.29 is 14.3 Å². The number of hydrogen-bond donors (Lipinski definition) is 0. The van der Waals surface area contributed by atoms with Gasteiger partial charge >= 0.3 is 5.97 Å². The third kappa shape index (κ3) is 4.89. The Hall–Kier alpha value is -0.740. The third-order valence-electron chi connectivity index (χ3n) is 3.84. The molecule has 0 bridgehead atoms. The molecule has 1 aromatic carbocycles. The number of esters is 1. The van der Waals surface area contributed by atoms with Gasteiger partial charge in [-0.2, -0.15) is 0 Å². The van der Waals surface area contributed by atoms with Gasteiger partial charge in [0.25, 0.3) is 0 Å². The topological polar surface area (TPSA) is 35.5 Å². The van der Waals surface area contributed by atoms with Gasteiger partial charge in [-0.3, -0.25) is 4.79 Å². The molecule has 1 fully saturated rings. The molecular weight excluding hydrogens is 356 g/mol. The van der Waals surface area contributed by atoms with Crippen molar-refractivity contribution in [1.82, 2.24) is 0 Å². The van der Waals surface area contributed by atoms with E-state index in [1.165, 1.54) is 32.8 Å². The van der Waals surface area contributed by atoms with E-state index in [0.717, 1.165) is 16.6 Å². The van der Waals surface area contributed by atoms with E-state index in [0.29, 0.717) is 29.5 Å². The Balaban J connectivity index is 1.97. The van der Waals surface area contributed by atoms with Crippen LogP contribution in [0.15, 0.2) is 16.6 Å². The Morgan fingerprint density at radius 3 is 2.71 bits per heavy atom. The van der Waals surface area contributed by atoms with Crippen LogP contribution in [0.25, 0.3) is 0 Å². The molecule has 0 aromatic heterocycles. The largest absolute Gasteiger partial charge is 0.491 e. The number of carbonyl (C=O) groups is 1. The summed E-state index contributed by atoms with van der Waals surface area (Å²) >= 11 is 9.80. The first-order valence-corrected chi connectivity index (χ1v) is 8.44. The molecule has 0 N–H and O–H groups in total. The Morgan fingerprint density at radius 1 is 1.38 bits per heavy atom. The second kappa shape index (κ2) is 8.04. The maximum atomic E-state index is 11.2. The van der Waals surface area contributed by atoms with Crippen LogP contribution in [0.3, 0.4) is 0 Å². The highest BCUT2D eigenvalue weighted by atomic mass is 79.9. The highest BCUT2D eigenvalue weighted by Gasteiger charge is 2.17. The average Bonchev–Trinajstić information content (AvgIpc) is 2.97. The van der Waals surface area contributed by atoms with Crippen LogP contribution >= 0.6 is 27.5 Å². The number of ether oxygens (including phenoxy) is 2. The second-order valence-corrected chi connectivity index (χ2v) is 6.69. The van der Waals surface area contributed by atoms with E-state index in [9.17, 15) is 4.79 Å². The maximum absolute atomic E-state index is 11.2. The molecule has 0 heterocycles. The molecule has 0 radical (unpaired) electrons. The molecule has 0 aliphatic heterocycles. The van der Waals surface area contributed by atoms with Gasteiger partial charge < -0.3 is 9.47 Å². The van der Waals surface area contributed by atoms with Gasteiger partial charge in [-0.25, -0.2) is 0 Å². The molecule has 0 saturated heterocycles. The molecule has 3 nitrogen and oxygen atoms in total. The van der Waals surface area contributed by atoms with Crippen LogP contribution in [0.4, 0.5) is 0 Å². The Morgan fingerprint density at radius 2 is 2.10 bits per heavy atom. The van der Waals surface area contributed by atoms with Crippen LogP contribution in [-0.2, 0) is 16.0 Å². The van der Waals surface area contributed by atoms with Crippen molar-refractivity contribution in [1.29, 1.82) is 0 Å². The number of benzene rings is 1. The first-order chi connectivity index (χ1) is 10.1. The minimum atomic E-state index is -0.219. The zero-order valence-electron chi connectivity index (χ0n) is 12.2. The van der Waals surface area contributed by atoms with Crippen LogP contribution in [0.1, 0.15) is 37.7 Å². The summed E-state index contributed by atoms with van der Waals surface area (Å²) in [4.78, 5) is 11.2. The van der Waals surface area contributed by atoms with Gasteiger partial charge in [0.2, 0.25) is 0 Å². The number of carbonyl (C=O) groups excluding carboxylic acids is 1. The monoisotopic (exact) mass is 374 g/mol.